The highest BCUT2D eigenvalue weighted by Crippen LogP contribution is 2.36. The molecule has 1 amide bonds. The summed E-state index contributed by atoms with van der Waals surface area (Å²) in [6.07, 6.45) is 0. The average Bonchev–Trinajstić information content (AvgIpc) is 2.65. The van der Waals surface area contributed by atoms with Gasteiger partial charge in [0, 0.05) is 27.1 Å². The second kappa shape index (κ2) is 6.53. The van der Waals surface area contributed by atoms with E-state index >= 15 is 0 Å². The first-order valence-corrected chi connectivity index (χ1v) is 6.64. The molecule has 1 atom stereocenters. The van der Waals surface area contributed by atoms with Crippen molar-refractivity contribution in [1.29, 1.82) is 0 Å². The van der Waals surface area contributed by atoms with E-state index in [1.165, 1.54) is 25.3 Å². The van der Waals surface area contributed by atoms with Gasteiger partial charge in [-0.3, -0.25) is 9.59 Å². The summed E-state index contributed by atoms with van der Waals surface area (Å²) in [4.78, 5) is 23.8. The molecule has 0 aliphatic heterocycles. The SMILES string of the molecule is CNC(=O)c1c(NC(C)COC)sc(C(C)=O)c1N. The topological polar surface area (TPSA) is 93.5 Å². The van der Waals surface area contributed by atoms with Crippen molar-refractivity contribution in [3.8, 4) is 0 Å². The minimum atomic E-state index is -0.312. The zero-order valence-corrected chi connectivity index (χ0v) is 12.3. The minimum absolute atomic E-state index is 0.00580. The maximum atomic E-state index is 11.9. The third kappa shape index (κ3) is 3.45. The quantitative estimate of drug-likeness (QED) is 0.686. The summed E-state index contributed by atoms with van der Waals surface area (Å²) in [6.45, 7) is 3.83. The van der Waals surface area contributed by atoms with Crippen LogP contribution in [0.5, 0.6) is 0 Å². The maximum Gasteiger partial charge on any atom is 0.256 e. The first-order valence-electron chi connectivity index (χ1n) is 5.83. The van der Waals surface area contributed by atoms with Crippen molar-refractivity contribution in [3.05, 3.63) is 10.4 Å². The van der Waals surface area contributed by atoms with Crippen LogP contribution in [0.25, 0.3) is 0 Å². The number of hydrogen-bond acceptors (Lipinski definition) is 6. The van der Waals surface area contributed by atoms with Crippen LogP contribution in [-0.4, -0.2) is 38.5 Å². The number of hydrogen-bond donors (Lipinski definition) is 3. The van der Waals surface area contributed by atoms with E-state index < -0.39 is 0 Å². The molecule has 0 aromatic carbocycles. The first kappa shape index (κ1) is 15.5. The molecular weight excluding hydrogens is 266 g/mol. The number of thiophene rings is 1. The van der Waals surface area contributed by atoms with Gasteiger partial charge in [-0.15, -0.1) is 11.3 Å². The Kier molecular flexibility index (Phi) is 5.31. The molecule has 0 aliphatic carbocycles. The molecular formula is C12H19N3O3S. The Hall–Kier alpha value is -1.60. The lowest BCUT2D eigenvalue weighted by Crippen LogP contribution is -2.24. The number of carbonyl (C=O) groups excluding carboxylic acids is 2. The Labute approximate surface area is 116 Å². The van der Waals surface area contributed by atoms with Gasteiger partial charge in [0.2, 0.25) is 0 Å². The van der Waals surface area contributed by atoms with Crippen LogP contribution in [0.15, 0.2) is 0 Å². The number of amides is 1. The molecule has 0 spiro atoms. The third-order valence-corrected chi connectivity index (χ3v) is 3.75. The Morgan fingerprint density at radius 2 is 2.11 bits per heavy atom. The summed E-state index contributed by atoms with van der Waals surface area (Å²) in [6, 6.07) is 0.00580. The Bertz CT molecular complexity index is 485. The zero-order valence-electron chi connectivity index (χ0n) is 11.5. The van der Waals surface area contributed by atoms with Gasteiger partial charge in [-0.25, -0.2) is 0 Å². The van der Waals surface area contributed by atoms with Crippen molar-refractivity contribution in [3.63, 3.8) is 0 Å². The van der Waals surface area contributed by atoms with E-state index in [1.807, 2.05) is 6.92 Å². The number of anilines is 2. The highest BCUT2D eigenvalue weighted by atomic mass is 32.1. The molecule has 0 fully saturated rings. The summed E-state index contributed by atoms with van der Waals surface area (Å²) in [5.41, 5.74) is 6.43. The molecule has 0 saturated heterocycles. The fourth-order valence-corrected chi connectivity index (χ4v) is 2.80. The number of nitrogens with two attached hydrogens (primary N) is 1. The monoisotopic (exact) mass is 285 g/mol. The fraction of sp³-hybridized carbons (Fsp3) is 0.500. The van der Waals surface area contributed by atoms with Gasteiger partial charge < -0.3 is 21.1 Å². The highest BCUT2D eigenvalue weighted by molar-refractivity contribution is 7.19. The van der Waals surface area contributed by atoms with E-state index in [0.717, 1.165) is 0 Å². The predicted octanol–water partition coefficient (Wildman–Crippen LogP) is 1.34. The minimum Gasteiger partial charge on any atom is -0.397 e. The maximum absolute atomic E-state index is 11.9. The number of ether oxygens (including phenoxy) is 1. The Balaban J connectivity index is 3.17. The second-order valence-electron chi connectivity index (χ2n) is 4.19. The van der Waals surface area contributed by atoms with Crippen LogP contribution in [0.3, 0.4) is 0 Å². The van der Waals surface area contributed by atoms with Gasteiger partial charge in [0.1, 0.15) is 5.00 Å². The first-order chi connectivity index (χ1) is 8.92. The predicted molar refractivity (Wildman–Crippen MR) is 77.1 cm³/mol. The molecule has 1 aromatic heterocycles. The van der Waals surface area contributed by atoms with Crippen LogP contribution in [0, 0.1) is 0 Å². The van der Waals surface area contributed by atoms with Crippen LogP contribution >= 0.6 is 11.3 Å². The van der Waals surface area contributed by atoms with E-state index in [-0.39, 0.29) is 23.4 Å². The lowest BCUT2D eigenvalue weighted by atomic mass is 10.2. The number of nitrogens with one attached hydrogen (secondary N) is 2. The molecule has 1 rings (SSSR count). The molecule has 1 heterocycles. The van der Waals surface area contributed by atoms with Crippen LogP contribution in [0.1, 0.15) is 33.9 Å². The molecule has 1 aromatic rings. The molecule has 0 bridgehead atoms. The molecule has 0 saturated carbocycles. The van der Waals surface area contributed by atoms with Crippen molar-refractivity contribution in [1.82, 2.24) is 5.32 Å². The van der Waals surface area contributed by atoms with Crippen molar-refractivity contribution in [2.24, 2.45) is 0 Å². The van der Waals surface area contributed by atoms with Crippen molar-refractivity contribution in [2.45, 2.75) is 19.9 Å². The molecule has 4 N–H and O–H groups in total. The van der Waals surface area contributed by atoms with Crippen LogP contribution in [0.4, 0.5) is 10.7 Å². The van der Waals surface area contributed by atoms with Gasteiger partial charge >= 0.3 is 0 Å². The van der Waals surface area contributed by atoms with Gasteiger partial charge in [0.05, 0.1) is 22.7 Å². The van der Waals surface area contributed by atoms with Crippen molar-refractivity contribution in [2.75, 3.05) is 31.8 Å². The average molecular weight is 285 g/mol. The van der Waals surface area contributed by atoms with Crippen molar-refractivity contribution >= 4 is 33.7 Å². The highest BCUT2D eigenvalue weighted by Gasteiger charge is 2.24. The number of rotatable bonds is 6. The van der Waals surface area contributed by atoms with Gasteiger partial charge in [0.25, 0.3) is 5.91 Å². The molecule has 0 radical (unpaired) electrons. The second-order valence-corrected chi connectivity index (χ2v) is 5.21. The molecule has 0 aliphatic rings. The summed E-state index contributed by atoms with van der Waals surface area (Å²) >= 11 is 1.19. The standard InChI is InChI=1S/C12H19N3O3S/c1-6(5-18-4)15-12-8(11(17)14-3)9(13)10(19-12)7(2)16/h6,15H,5,13H2,1-4H3,(H,14,17). The fourth-order valence-electron chi connectivity index (χ4n) is 1.67. The largest absolute Gasteiger partial charge is 0.397 e. The van der Waals surface area contributed by atoms with Crippen LogP contribution in [0.2, 0.25) is 0 Å². The molecule has 19 heavy (non-hydrogen) atoms. The van der Waals surface area contributed by atoms with E-state index in [0.29, 0.717) is 22.0 Å². The molecule has 1 unspecified atom stereocenters. The summed E-state index contributed by atoms with van der Waals surface area (Å²) in [5.74, 6) is -0.464. The normalized spacial score (nSPS) is 12.0. The Morgan fingerprint density at radius 3 is 2.58 bits per heavy atom. The lowest BCUT2D eigenvalue weighted by molar-refractivity contribution is 0.0964. The van der Waals surface area contributed by atoms with E-state index in [9.17, 15) is 9.59 Å². The smallest absolute Gasteiger partial charge is 0.256 e. The Morgan fingerprint density at radius 1 is 1.47 bits per heavy atom. The number of ketones is 1. The molecule has 6 nitrogen and oxygen atoms in total. The zero-order chi connectivity index (χ0) is 14.6. The van der Waals surface area contributed by atoms with Gasteiger partial charge in [0.15, 0.2) is 5.78 Å². The summed E-state index contributed by atoms with van der Waals surface area (Å²) in [7, 11) is 3.12. The van der Waals surface area contributed by atoms with Gasteiger partial charge in [-0.2, -0.15) is 0 Å². The van der Waals surface area contributed by atoms with E-state index in [1.54, 1.807) is 7.11 Å². The van der Waals surface area contributed by atoms with Crippen LogP contribution in [-0.2, 0) is 4.74 Å². The summed E-state index contributed by atoms with van der Waals surface area (Å²) < 4.78 is 5.03. The number of carbonyl (C=O) groups is 2. The number of nitrogen functional groups attached to an aromatic ring is 1. The van der Waals surface area contributed by atoms with Gasteiger partial charge in [-0.1, -0.05) is 0 Å². The van der Waals surface area contributed by atoms with E-state index in [4.69, 9.17) is 10.5 Å². The third-order valence-electron chi connectivity index (χ3n) is 2.51. The van der Waals surface area contributed by atoms with E-state index in [2.05, 4.69) is 10.6 Å². The van der Waals surface area contributed by atoms with Crippen molar-refractivity contribution < 1.29 is 14.3 Å². The molecule has 7 heteroatoms. The number of Topliss-reactive ketones (excluding diaryl/α,β-unsaturated/α-hetero) is 1. The molecule has 106 valence electrons. The lowest BCUT2D eigenvalue weighted by Gasteiger charge is -2.13. The number of methoxy groups -OCH3 is 1. The van der Waals surface area contributed by atoms with Crippen LogP contribution < -0.4 is 16.4 Å². The van der Waals surface area contributed by atoms with Gasteiger partial charge in [-0.05, 0) is 6.92 Å². The summed E-state index contributed by atoms with van der Waals surface area (Å²) in [5, 5.41) is 6.26.